The van der Waals surface area contributed by atoms with Crippen LogP contribution in [0.25, 0.3) is 38.4 Å². The van der Waals surface area contributed by atoms with Crippen LogP contribution >= 0.6 is 27.3 Å². The number of imidazole rings is 2. The van der Waals surface area contributed by atoms with Crippen LogP contribution in [-0.4, -0.2) is 68.0 Å². The molecule has 0 radical (unpaired) electrons. The lowest BCUT2D eigenvalue weighted by molar-refractivity contribution is -0.117. The molecule has 8 N–H and O–H groups in total. The number of hydrogen-bond donors (Lipinski definition) is 8. The minimum absolute atomic E-state index is 0.0437. The van der Waals surface area contributed by atoms with Crippen LogP contribution in [0.4, 0.5) is 57.0 Å². The van der Waals surface area contributed by atoms with Crippen molar-refractivity contribution in [2.45, 2.75) is 84.6 Å². The summed E-state index contributed by atoms with van der Waals surface area (Å²) in [5.74, 6) is 6.04. The highest BCUT2D eigenvalue weighted by atomic mass is 79.9. The van der Waals surface area contributed by atoms with Crippen LogP contribution in [0, 0.1) is 18.8 Å². The average Bonchev–Trinajstić information content (AvgIpc) is 1.63. The van der Waals surface area contributed by atoms with Gasteiger partial charge in [0.05, 0.1) is 50.2 Å². The molecular formula is C85H85BrN16O3S. The molecule has 0 unspecified atom stereocenters. The normalized spacial score (nSPS) is 17.1. The zero-order valence-electron chi connectivity index (χ0n) is 60.0. The van der Waals surface area contributed by atoms with Crippen molar-refractivity contribution in [3.05, 3.63) is 285 Å². The maximum absolute atomic E-state index is 12.5. The maximum atomic E-state index is 12.5. The van der Waals surface area contributed by atoms with Crippen molar-refractivity contribution < 1.29 is 9.59 Å². The third kappa shape index (κ3) is 15.2. The Morgan fingerprint density at radius 3 is 1.92 bits per heavy atom. The van der Waals surface area contributed by atoms with Crippen LogP contribution < -0.4 is 57.2 Å². The van der Waals surface area contributed by atoms with E-state index in [0.29, 0.717) is 18.9 Å². The number of aryl methyl sites for hydroxylation is 1. The highest BCUT2D eigenvalue weighted by Crippen LogP contribution is 2.42. The van der Waals surface area contributed by atoms with Crippen LogP contribution in [0.2, 0.25) is 0 Å². The summed E-state index contributed by atoms with van der Waals surface area (Å²) in [6, 6.07) is 51.2. The lowest BCUT2D eigenvalue weighted by atomic mass is 9.98. The number of benzene rings is 7. The number of thiazole rings is 1. The molecule has 536 valence electrons. The van der Waals surface area contributed by atoms with E-state index < -0.39 is 0 Å². The number of aromatic amines is 2. The quantitative estimate of drug-likeness (QED) is 0.0746. The number of anilines is 10. The summed E-state index contributed by atoms with van der Waals surface area (Å²) in [5.41, 5.74) is 24.7. The SMILES string of the molecule is C=C1Cc2cc(-c3cnc(C)s3)ccc2N1.C=C1Cc2cc(-n3ccnc3C(C)C)ccc2N1.C=C1Cc2cc(N3CCCC3=O)ccc2N1.C=C1Nc2ccc(N3Cc4cc(Br)ccc4C3=O)cc2N1.C=C1Nc2nc(-c3ccccc3)ccc2N1C.O=c1[nH]c2ccc(N3C[C@@H]4CC[C@@H](C4)C3)cc2[nH]1. The van der Waals surface area contributed by atoms with Crippen molar-refractivity contribution in [1.82, 2.24) is 29.5 Å². The van der Waals surface area contributed by atoms with Crippen LogP contribution in [0.15, 0.2) is 241 Å². The molecule has 1 saturated carbocycles. The van der Waals surface area contributed by atoms with Gasteiger partial charge in [0, 0.05) is 149 Å². The molecule has 7 aromatic carbocycles. The number of pyridine rings is 1. The Morgan fingerprint density at radius 2 is 1.24 bits per heavy atom. The number of fused-ring (bicyclic) bond motifs is 9. The molecule has 8 aliphatic heterocycles. The number of carbonyl (C=O) groups is 2. The molecule has 106 heavy (non-hydrogen) atoms. The number of halogens is 1. The third-order valence-electron chi connectivity index (χ3n) is 20.4. The van der Waals surface area contributed by atoms with Crippen molar-refractivity contribution in [2.75, 3.05) is 78.2 Å². The summed E-state index contributed by atoms with van der Waals surface area (Å²) in [6.45, 7) is 29.8. The standard InChI is InChI=1S/C16H12BrN3O.C15H17N3.C14H17N3O.C14H13N3.C13H14N2O.C13H12N2S/c1-9-18-14-5-3-12(7-15(14)19-9)20-8-10-6-11(17)2-4-13(10)16(20)21;1-10(2)15-16-6-7-18(15)13-4-5-14-12(9-13)8-11(3)17-14;18-14-15-12-4-3-11(6-13(12)16-14)17-7-9-1-2-10(5-9)8-17;1-10-15-14-13(17(10)2)9-8-12(16-14)11-6-4-3-5-7-11;1-9-7-10-8-11(4-5-12(10)14-9)15-6-2-3-13(15)16;1-8-5-11-6-10(3-4-12(11)15-8)13-7-14-9(2)16-13/h2-7,18-19H,1,8H2;4-7,9-10,17H,3,8H2,1-2H3;3-4,6,9-10H,1-2,5,7-8H2,(H2,15,16,18);3-9H,1H2,2H3,(H,15,16);4-5,8,14H,1-3,6-7H2;3-4,6-7,15H,1,5H2,2H3/t;;9-,10+;;;. The molecule has 12 heterocycles. The first kappa shape index (κ1) is 70.0. The number of allylic oxidation sites excluding steroid dienone is 3. The molecule has 20 rings (SSSR count). The van der Waals surface area contributed by atoms with Crippen molar-refractivity contribution in [2.24, 2.45) is 11.8 Å². The fourth-order valence-corrected chi connectivity index (χ4v) is 16.3. The van der Waals surface area contributed by atoms with Gasteiger partial charge < -0.3 is 66.0 Å². The van der Waals surface area contributed by atoms with E-state index in [-0.39, 0.29) is 17.5 Å². The van der Waals surface area contributed by atoms with E-state index in [0.717, 1.165) is 161 Å². The molecular weight excluding hydrogens is 1410 g/mol. The summed E-state index contributed by atoms with van der Waals surface area (Å²) in [6.07, 6.45) is 14.4. The Balaban J connectivity index is 0.000000102. The molecule has 2 amide bonds. The van der Waals surface area contributed by atoms with E-state index >= 15 is 0 Å². The van der Waals surface area contributed by atoms with Gasteiger partial charge in [-0.05, 0) is 188 Å². The second kappa shape index (κ2) is 29.8. The minimum atomic E-state index is -0.124. The summed E-state index contributed by atoms with van der Waals surface area (Å²) in [5, 5.41) is 20.4. The Bertz CT molecular complexity index is 5370. The van der Waals surface area contributed by atoms with E-state index in [1.165, 1.54) is 82.2 Å². The van der Waals surface area contributed by atoms with Gasteiger partial charge in [-0.3, -0.25) is 9.59 Å². The predicted molar refractivity (Wildman–Crippen MR) is 438 cm³/mol. The number of H-pyrrole nitrogens is 2. The molecule has 11 aromatic rings. The van der Waals surface area contributed by atoms with Gasteiger partial charge in [0.1, 0.15) is 17.5 Å². The Morgan fingerprint density at radius 1 is 0.594 bits per heavy atom. The highest BCUT2D eigenvalue weighted by Gasteiger charge is 2.34. The van der Waals surface area contributed by atoms with Gasteiger partial charge in [-0.15, -0.1) is 11.3 Å². The summed E-state index contributed by atoms with van der Waals surface area (Å²) in [7, 11) is 1.98. The zero-order chi connectivity index (χ0) is 73.4. The lowest BCUT2D eigenvalue weighted by Gasteiger charge is -2.33. The molecule has 3 fully saturated rings. The lowest BCUT2D eigenvalue weighted by Crippen LogP contribution is -2.36. The first-order chi connectivity index (χ1) is 51.2. The predicted octanol–water partition coefficient (Wildman–Crippen LogP) is 18.5. The fourth-order valence-electron chi connectivity index (χ4n) is 15.2. The monoisotopic (exact) mass is 1490 g/mol. The van der Waals surface area contributed by atoms with Crippen molar-refractivity contribution in [3.8, 4) is 27.4 Å². The van der Waals surface area contributed by atoms with Crippen LogP contribution in [0.5, 0.6) is 0 Å². The van der Waals surface area contributed by atoms with Gasteiger partial charge in [-0.1, -0.05) is 99.1 Å². The van der Waals surface area contributed by atoms with E-state index in [4.69, 9.17) is 0 Å². The molecule has 2 saturated heterocycles. The van der Waals surface area contributed by atoms with E-state index in [1.807, 2.05) is 121 Å². The van der Waals surface area contributed by atoms with Gasteiger partial charge >= 0.3 is 5.69 Å². The van der Waals surface area contributed by atoms with Crippen molar-refractivity contribution >= 4 is 107 Å². The number of nitrogens with zero attached hydrogens (tertiary/aromatic N) is 8. The van der Waals surface area contributed by atoms with Crippen molar-refractivity contribution in [3.63, 3.8) is 0 Å². The second-order valence-corrected chi connectivity index (χ2v) is 30.6. The molecule has 2 bridgehead atoms. The number of piperidine rings is 1. The van der Waals surface area contributed by atoms with Gasteiger partial charge in [0.15, 0.2) is 5.82 Å². The van der Waals surface area contributed by atoms with Crippen LogP contribution in [0.1, 0.15) is 95.3 Å². The topological polar surface area (TPSA) is 212 Å². The average molecular weight is 1490 g/mol. The zero-order valence-corrected chi connectivity index (χ0v) is 62.4. The molecule has 2 atom stereocenters. The van der Waals surface area contributed by atoms with Gasteiger partial charge in [0.25, 0.3) is 5.91 Å². The van der Waals surface area contributed by atoms with E-state index in [9.17, 15) is 14.4 Å². The van der Waals surface area contributed by atoms with Crippen LogP contribution in [-0.2, 0) is 30.6 Å². The summed E-state index contributed by atoms with van der Waals surface area (Å²) < 4.78 is 3.15. The highest BCUT2D eigenvalue weighted by molar-refractivity contribution is 9.10. The smallest absolute Gasteiger partial charge is 0.323 e. The molecule has 0 spiro atoms. The Labute approximate surface area is 629 Å². The minimum Gasteiger partial charge on any atom is -0.371 e. The number of aromatic nitrogens is 6. The maximum Gasteiger partial charge on any atom is 0.323 e. The largest absolute Gasteiger partial charge is 0.371 e. The van der Waals surface area contributed by atoms with E-state index in [2.05, 4.69) is 202 Å². The van der Waals surface area contributed by atoms with Crippen molar-refractivity contribution in [1.29, 1.82) is 0 Å². The number of rotatable bonds is 7. The van der Waals surface area contributed by atoms with Gasteiger partial charge in [-0.25, -0.2) is 19.7 Å². The third-order valence-corrected chi connectivity index (χ3v) is 21.8. The number of amides is 2. The number of nitrogens with one attached hydrogen (secondary N) is 8. The number of hydrogen-bond acceptors (Lipinski definition) is 15. The van der Waals surface area contributed by atoms with Crippen LogP contribution in [0.3, 0.4) is 0 Å². The first-order valence-corrected chi connectivity index (χ1v) is 37.6. The Kier molecular flexibility index (Phi) is 19.7. The summed E-state index contributed by atoms with van der Waals surface area (Å²) >= 11 is 5.18. The number of carbonyl (C=O) groups excluding carboxylic acids is 2. The molecule has 21 heteroatoms. The molecule has 19 nitrogen and oxygen atoms in total. The Hall–Kier alpha value is -11.7. The second-order valence-electron chi connectivity index (χ2n) is 28.4. The molecule has 4 aromatic heterocycles. The fraction of sp³-hybridized carbons (Fsp3) is 0.224. The summed E-state index contributed by atoms with van der Waals surface area (Å²) in [4.78, 5) is 63.8. The van der Waals surface area contributed by atoms with E-state index in [1.54, 1.807) is 16.2 Å². The van der Waals surface area contributed by atoms with Gasteiger partial charge in [-0.2, -0.15) is 0 Å². The molecule has 1 aliphatic carbocycles. The molecule has 9 aliphatic rings. The van der Waals surface area contributed by atoms with Gasteiger partial charge in [0.2, 0.25) is 5.91 Å². The first-order valence-electron chi connectivity index (χ1n) is 36.0.